The lowest BCUT2D eigenvalue weighted by molar-refractivity contribution is 0.0953. The van der Waals surface area contributed by atoms with Crippen LogP contribution < -0.4 is 17.0 Å². The summed E-state index contributed by atoms with van der Waals surface area (Å²) < 4.78 is 0. The van der Waals surface area contributed by atoms with Crippen molar-refractivity contribution in [1.29, 1.82) is 0 Å². The molecule has 0 radical (unpaired) electrons. The number of amides is 1. The maximum Gasteiger partial charge on any atom is 0.265 e. The smallest absolute Gasteiger partial charge is 0.265 e. The Labute approximate surface area is 122 Å². The van der Waals surface area contributed by atoms with Crippen molar-refractivity contribution in [2.75, 3.05) is 5.73 Å². The van der Waals surface area contributed by atoms with Gasteiger partial charge in [-0.25, -0.2) is 5.84 Å². The molecule has 5 heteroatoms. The van der Waals surface area contributed by atoms with E-state index in [1.807, 2.05) is 31.2 Å². The molecule has 20 heavy (non-hydrogen) atoms. The summed E-state index contributed by atoms with van der Waals surface area (Å²) in [6, 6.07) is 13.4. The maximum atomic E-state index is 11.3. The molecule has 0 aromatic heterocycles. The molecule has 0 heterocycles. The van der Waals surface area contributed by atoms with Crippen molar-refractivity contribution in [3.8, 4) is 0 Å². The molecule has 0 unspecified atom stereocenters. The summed E-state index contributed by atoms with van der Waals surface area (Å²) >= 11 is 1.68. The largest absolute Gasteiger partial charge is 0.398 e. The van der Waals surface area contributed by atoms with E-state index < -0.39 is 0 Å². The van der Waals surface area contributed by atoms with Gasteiger partial charge in [0.15, 0.2) is 0 Å². The number of thioether (sulfide) groups is 1. The Hall–Kier alpha value is -1.98. The third-order valence-electron chi connectivity index (χ3n) is 2.91. The van der Waals surface area contributed by atoms with E-state index in [-0.39, 0.29) is 5.91 Å². The third kappa shape index (κ3) is 3.53. The van der Waals surface area contributed by atoms with Gasteiger partial charge < -0.3 is 5.73 Å². The van der Waals surface area contributed by atoms with Crippen LogP contribution in [-0.2, 0) is 5.75 Å². The summed E-state index contributed by atoms with van der Waals surface area (Å²) in [5.41, 5.74) is 11.7. The van der Waals surface area contributed by atoms with Crippen molar-refractivity contribution in [2.24, 2.45) is 5.84 Å². The molecule has 2 aromatic carbocycles. The fourth-order valence-electron chi connectivity index (χ4n) is 1.76. The van der Waals surface area contributed by atoms with Crippen LogP contribution in [0.15, 0.2) is 47.4 Å². The second-order valence-electron chi connectivity index (χ2n) is 4.50. The van der Waals surface area contributed by atoms with E-state index in [1.165, 1.54) is 5.56 Å². The van der Waals surface area contributed by atoms with Crippen LogP contribution in [0.5, 0.6) is 0 Å². The van der Waals surface area contributed by atoms with Crippen LogP contribution in [-0.4, -0.2) is 5.91 Å². The van der Waals surface area contributed by atoms with E-state index >= 15 is 0 Å². The number of carbonyl (C=O) groups is 1. The van der Waals surface area contributed by atoms with E-state index in [0.717, 1.165) is 21.9 Å². The summed E-state index contributed by atoms with van der Waals surface area (Å²) in [5.74, 6) is 5.61. The van der Waals surface area contributed by atoms with Gasteiger partial charge in [0.2, 0.25) is 0 Å². The predicted octanol–water partition coefficient (Wildman–Crippen LogP) is 2.47. The Balaban J connectivity index is 2.04. The lowest BCUT2D eigenvalue weighted by Crippen LogP contribution is -2.29. The van der Waals surface area contributed by atoms with Gasteiger partial charge in [0, 0.05) is 21.9 Å². The summed E-state index contributed by atoms with van der Waals surface area (Å²) in [6.45, 7) is 2.05. The van der Waals surface area contributed by atoms with Crippen molar-refractivity contribution >= 4 is 23.4 Å². The third-order valence-corrected chi connectivity index (χ3v) is 4.05. The molecule has 0 aliphatic rings. The van der Waals surface area contributed by atoms with Crippen LogP contribution in [0, 0.1) is 6.92 Å². The zero-order valence-electron chi connectivity index (χ0n) is 11.2. The lowest BCUT2D eigenvalue weighted by atomic mass is 10.1. The van der Waals surface area contributed by atoms with E-state index in [0.29, 0.717) is 5.56 Å². The van der Waals surface area contributed by atoms with Gasteiger partial charge in [-0.15, -0.1) is 11.8 Å². The van der Waals surface area contributed by atoms with Crippen molar-refractivity contribution in [3.63, 3.8) is 0 Å². The number of hydrogen-bond acceptors (Lipinski definition) is 4. The Morgan fingerprint density at radius 1 is 1.20 bits per heavy atom. The number of nitrogen functional groups attached to an aromatic ring is 2. The first-order chi connectivity index (χ1) is 9.60. The average Bonchev–Trinajstić information content (AvgIpc) is 2.48. The second-order valence-corrected chi connectivity index (χ2v) is 5.52. The average molecular weight is 287 g/mol. The molecule has 0 atom stereocenters. The first kappa shape index (κ1) is 14.4. The van der Waals surface area contributed by atoms with E-state index in [4.69, 9.17) is 11.6 Å². The highest BCUT2D eigenvalue weighted by molar-refractivity contribution is 7.98. The molecule has 0 aliphatic heterocycles. The van der Waals surface area contributed by atoms with E-state index in [2.05, 4.69) is 11.5 Å². The fraction of sp³-hybridized carbons (Fsp3) is 0.133. The van der Waals surface area contributed by atoms with Crippen LogP contribution in [0.25, 0.3) is 0 Å². The first-order valence-electron chi connectivity index (χ1n) is 6.19. The summed E-state index contributed by atoms with van der Waals surface area (Å²) in [6.07, 6.45) is 0. The molecule has 1 amide bonds. The molecule has 5 N–H and O–H groups in total. The van der Waals surface area contributed by atoms with Gasteiger partial charge in [-0.2, -0.15) is 0 Å². The highest BCUT2D eigenvalue weighted by Crippen LogP contribution is 2.29. The van der Waals surface area contributed by atoms with Crippen molar-refractivity contribution in [3.05, 3.63) is 59.2 Å². The number of hydrazine groups is 1. The predicted molar refractivity (Wildman–Crippen MR) is 83.2 cm³/mol. The number of anilines is 1. The Bertz CT molecular complexity index is 611. The summed E-state index contributed by atoms with van der Waals surface area (Å²) in [7, 11) is 0. The Morgan fingerprint density at radius 3 is 2.55 bits per heavy atom. The van der Waals surface area contributed by atoms with Gasteiger partial charge in [-0.3, -0.25) is 10.2 Å². The molecule has 2 rings (SSSR count). The molecule has 4 nitrogen and oxygen atoms in total. The molecule has 0 spiro atoms. The van der Waals surface area contributed by atoms with Gasteiger partial charge in [0.25, 0.3) is 5.91 Å². The van der Waals surface area contributed by atoms with Crippen LogP contribution in [0.3, 0.4) is 0 Å². The zero-order chi connectivity index (χ0) is 14.5. The van der Waals surface area contributed by atoms with Crippen LogP contribution in [0.1, 0.15) is 21.5 Å². The van der Waals surface area contributed by atoms with Crippen molar-refractivity contribution < 1.29 is 4.79 Å². The first-order valence-corrected chi connectivity index (χ1v) is 7.17. The quantitative estimate of drug-likeness (QED) is 0.265. The monoisotopic (exact) mass is 287 g/mol. The number of carbonyl (C=O) groups excluding carboxylic acids is 1. The molecule has 0 aliphatic carbocycles. The Kier molecular flexibility index (Phi) is 4.65. The normalized spacial score (nSPS) is 10.3. The second kappa shape index (κ2) is 6.45. The lowest BCUT2D eigenvalue weighted by Gasteiger charge is -2.07. The van der Waals surface area contributed by atoms with Crippen LogP contribution >= 0.6 is 11.8 Å². The molecule has 104 valence electrons. The minimum absolute atomic E-state index is 0.285. The van der Waals surface area contributed by atoms with E-state index in [9.17, 15) is 4.79 Å². The SMILES string of the molecule is Cc1ccc(N)c(SCc2ccc(C(=O)NN)cc2)c1. The number of hydrogen-bond donors (Lipinski definition) is 3. The standard InChI is InChI=1S/C15H17N3OS/c1-10-2-7-13(16)14(8-10)20-9-11-3-5-12(6-4-11)15(19)18-17/h2-8H,9,16-17H2,1H3,(H,18,19). The maximum absolute atomic E-state index is 11.3. The van der Waals surface area contributed by atoms with Crippen molar-refractivity contribution in [2.45, 2.75) is 17.6 Å². The summed E-state index contributed by atoms with van der Waals surface area (Å²) in [4.78, 5) is 12.4. The molecule has 0 bridgehead atoms. The van der Waals surface area contributed by atoms with Gasteiger partial charge >= 0.3 is 0 Å². The highest BCUT2D eigenvalue weighted by atomic mass is 32.2. The number of benzene rings is 2. The molecular formula is C15H17N3OS. The molecule has 0 fully saturated rings. The number of aryl methyl sites for hydroxylation is 1. The molecule has 0 saturated heterocycles. The van der Waals surface area contributed by atoms with Gasteiger partial charge in [0.1, 0.15) is 0 Å². The van der Waals surface area contributed by atoms with Crippen molar-refractivity contribution in [1.82, 2.24) is 5.43 Å². The number of rotatable bonds is 4. The highest BCUT2D eigenvalue weighted by Gasteiger charge is 2.04. The van der Waals surface area contributed by atoms with Gasteiger partial charge in [-0.1, -0.05) is 18.2 Å². The minimum Gasteiger partial charge on any atom is -0.398 e. The van der Waals surface area contributed by atoms with E-state index in [1.54, 1.807) is 23.9 Å². The zero-order valence-corrected chi connectivity index (χ0v) is 12.0. The van der Waals surface area contributed by atoms with Gasteiger partial charge in [-0.05, 0) is 42.3 Å². The number of nitrogens with two attached hydrogens (primary N) is 2. The number of nitrogens with one attached hydrogen (secondary N) is 1. The van der Waals surface area contributed by atoms with Crippen LogP contribution in [0.4, 0.5) is 5.69 Å². The summed E-state index contributed by atoms with van der Waals surface area (Å²) in [5, 5.41) is 0. The minimum atomic E-state index is -0.285. The molecule has 0 saturated carbocycles. The topological polar surface area (TPSA) is 81.1 Å². The fourth-order valence-corrected chi connectivity index (χ4v) is 2.78. The molecular weight excluding hydrogens is 270 g/mol. The Morgan fingerprint density at radius 2 is 1.90 bits per heavy atom. The van der Waals surface area contributed by atoms with Crippen LogP contribution in [0.2, 0.25) is 0 Å². The van der Waals surface area contributed by atoms with Gasteiger partial charge in [0.05, 0.1) is 0 Å². The molecule has 2 aromatic rings.